The Kier molecular flexibility index (Phi) is 5.61. The van der Waals surface area contributed by atoms with Crippen LogP contribution in [0, 0.1) is 5.82 Å². The van der Waals surface area contributed by atoms with Gasteiger partial charge in [0.15, 0.2) is 17.3 Å². The highest BCUT2D eigenvalue weighted by Crippen LogP contribution is 2.28. The van der Waals surface area contributed by atoms with Crippen LogP contribution in [0.5, 0.6) is 11.5 Å². The summed E-state index contributed by atoms with van der Waals surface area (Å²) < 4.78 is 24.9. The predicted octanol–water partition coefficient (Wildman–Crippen LogP) is 3.99. The van der Waals surface area contributed by atoms with E-state index in [0.29, 0.717) is 28.6 Å². The number of aromatic nitrogens is 2. The zero-order valence-electron chi connectivity index (χ0n) is 14.7. The first-order valence-corrected chi connectivity index (χ1v) is 8.38. The number of methoxy groups -OCH3 is 2. The Hall–Kier alpha value is -3.06. The summed E-state index contributed by atoms with van der Waals surface area (Å²) in [5.74, 6) is 0.511. The number of carbonyl (C=O) groups excluding carboxylic acids is 1. The van der Waals surface area contributed by atoms with Crippen molar-refractivity contribution in [3.63, 3.8) is 0 Å². The molecule has 0 saturated carbocycles. The van der Waals surface area contributed by atoms with Gasteiger partial charge in [-0.05, 0) is 35.9 Å². The van der Waals surface area contributed by atoms with Gasteiger partial charge in [0.25, 0.3) is 5.91 Å². The Morgan fingerprint density at radius 2 is 1.85 bits per heavy atom. The minimum atomic E-state index is -0.384. The van der Waals surface area contributed by atoms with Crippen molar-refractivity contribution in [3.8, 4) is 11.5 Å². The average molecular weight is 390 g/mol. The number of ether oxygens (including phenoxy) is 2. The molecule has 1 heterocycles. The van der Waals surface area contributed by atoms with Gasteiger partial charge in [0, 0.05) is 11.8 Å². The third kappa shape index (κ3) is 4.38. The van der Waals surface area contributed by atoms with E-state index < -0.39 is 0 Å². The summed E-state index contributed by atoms with van der Waals surface area (Å²) in [5, 5.41) is 7.24. The summed E-state index contributed by atoms with van der Waals surface area (Å²) in [5.41, 5.74) is 1.23. The molecule has 0 unspecified atom stereocenters. The molecule has 0 radical (unpaired) electrons. The molecule has 2 aromatic carbocycles. The van der Waals surface area contributed by atoms with E-state index in [1.807, 2.05) is 0 Å². The van der Waals surface area contributed by atoms with Gasteiger partial charge in [-0.2, -0.15) is 5.10 Å². The van der Waals surface area contributed by atoms with Gasteiger partial charge in [0.05, 0.1) is 20.8 Å². The normalized spacial score (nSPS) is 10.5. The standard InChI is InChI=1S/C19H17ClFN3O3/c1-26-16-8-5-13(9-17(16)27-2)19(25)22-18-15(20)11-24(23-18)10-12-3-6-14(21)7-4-12/h3-9,11H,10H2,1-2H3,(H,22,23,25). The molecule has 0 saturated heterocycles. The Morgan fingerprint density at radius 3 is 2.52 bits per heavy atom. The molecule has 0 aliphatic rings. The van der Waals surface area contributed by atoms with E-state index in [9.17, 15) is 9.18 Å². The van der Waals surface area contributed by atoms with E-state index in [0.717, 1.165) is 5.56 Å². The van der Waals surface area contributed by atoms with E-state index in [4.69, 9.17) is 21.1 Å². The van der Waals surface area contributed by atoms with E-state index in [1.54, 1.807) is 41.2 Å². The van der Waals surface area contributed by atoms with Crippen LogP contribution in [0.15, 0.2) is 48.7 Å². The van der Waals surface area contributed by atoms with Gasteiger partial charge in [-0.15, -0.1) is 0 Å². The third-order valence-corrected chi connectivity index (χ3v) is 4.13. The molecule has 3 rings (SSSR count). The molecule has 1 amide bonds. The first-order valence-electron chi connectivity index (χ1n) is 8.01. The second-order valence-electron chi connectivity index (χ2n) is 5.67. The lowest BCUT2D eigenvalue weighted by atomic mass is 10.2. The molecule has 0 aliphatic heterocycles. The van der Waals surface area contributed by atoms with Crippen molar-refractivity contribution < 1.29 is 18.7 Å². The molecule has 3 aromatic rings. The molecular weight excluding hydrogens is 373 g/mol. The second-order valence-corrected chi connectivity index (χ2v) is 6.08. The highest BCUT2D eigenvalue weighted by Gasteiger charge is 2.15. The van der Waals surface area contributed by atoms with Crippen LogP contribution in [0.1, 0.15) is 15.9 Å². The molecule has 6 nitrogen and oxygen atoms in total. The van der Waals surface area contributed by atoms with E-state index in [2.05, 4.69) is 10.4 Å². The quantitative estimate of drug-likeness (QED) is 0.692. The molecule has 0 aliphatic carbocycles. The summed E-state index contributed by atoms with van der Waals surface area (Å²) >= 11 is 6.17. The zero-order valence-corrected chi connectivity index (χ0v) is 15.5. The van der Waals surface area contributed by atoms with Gasteiger partial charge in [-0.1, -0.05) is 23.7 Å². The molecule has 0 spiro atoms. The Balaban J connectivity index is 1.74. The third-order valence-electron chi connectivity index (χ3n) is 3.85. The molecule has 27 heavy (non-hydrogen) atoms. The molecule has 1 N–H and O–H groups in total. The molecule has 8 heteroatoms. The average Bonchev–Trinajstić information content (AvgIpc) is 3.01. The summed E-state index contributed by atoms with van der Waals surface area (Å²) in [7, 11) is 3.01. The maximum atomic E-state index is 13.0. The Morgan fingerprint density at radius 1 is 1.15 bits per heavy atom. The number of benzene rings is 2. The number of amides is 1. The van der Waals surface area contributed by atoms with Crippen LogP contribution in [0.25, 0.3) is 0 Å². The van der Waals surface area contributed by atoms with Crippen LogP contribution in [0.3, 0.4) is 0 Å². The maximum Gasteiger partial charge on any atom is 0.257 e. The van der Waals surface area contributed by atoms with Crippen molar-refractivity contribution in [2.24, 2.45) is 0 Å². The number of hydrogen-bond donors (Lipinski definition) is 1. The lowest BCUT2D eigenvalue weighted by Gasteiger charge is -2.09. The molecule has 0 bridgehead atoms. The van der Waals surface area contributed by atoms with Crippen molar-refractivity contribution in [1.82, 2.24) is 9.78 Å². The minimum absolute atomic E-state index is 0.235. The second kappa shape index (κ2) is 8.09. The van der Waals surface area contributed by atoms with E-state index in [-0.39, 0.29) is 17.5 Å². The van der Waals surface area contributed by atoms with Gasteiger partial charge in [0.1, 0.15) is 10.8 Å². The van der Waals surface area contributed by atoms with E-state index in [1.165, 1.54) is 26.4 Å². The lowest BCUT2D eigenvalue weighted by Crippen LogP contribution is -2.13. The first kappa shape index (κ1) is 18.7. The monoisotopic (exact) mass is 389 g/mol. The van der Waals surface area contributed by atoms with Gasteiger partial charge in [0.2, 0.25) is 0 Å². The number of nitrogens with zero attached hydrogens (tertiary/aromatic N) is 2. The maximum absolute atomic E-state index is 13.0. The van der Waals surface area contributed by atoms with Gasteiger partial charge >= 0.3 is 0 Å². The molecular formula is C19H17ClFN3O3. The first-order chi connectivity index (χ1) is 13.0. The van der Waals surface area contributed by atoms with Gasteiger partial charge < -0.3 is 14.8 Å². The summed E-state index contributed by atoms with van der Waals surface area (Å²) in [6.45, 7) is 0.395. The van der Waals surface area contributed by atoms with Crippen molar-refractivity contribution in [1.29, 1.82) is 0 Å². The summed E-state index contributed by atoms with van der Waals surface area (Å²) in [6, 6.07) is 10.9. The van der Waals surface area contributed by atoms with Gasteiger partial charge in [-0.25, -0.2) is 4.39 Å². The van der Waals surface area contributed by atoms with Crippen LogP contribution in [0.2, 0.25) is 5.02 Å². The fourth-order valence-corrected chi connectivity index (χ4v) is 2.69. The highest BCUT2D eigenvalue weighted by atomic mass is 35.5. The molecule has 0 fully saturated rings. The van der Waals surface area contributed by atoms with Crippen LogP contribution in [-0.4, -0.2) is 29.9 Å². The van der Waals surface area contributed by atoms with Crippen LogP contribution >= 0.6 is 11.6 Å². The fraction of sp³-hybridized carbons (Fsp3) is 0.158. The molecule has 0 atom stereocenters. The van der Waals surface area contributed by atoms with Crippen molar-refractivity contribution in [3.05, 3.63) is 70.6 Å². The molecule has 140 valence electrons. The minimum Gasteiger partial charge on any atom is -0.493 e. The predicted molar refractivity (Wildman–Crippen MR) is 100 cm³/mol. The van der Waals surface area contributed by atoms with Gasteiger partial charge in [-0.3, -0.25) is 9.48 Å². The Labute approximate surface area is 160 Å². The number of carbonyl (C=O) groups is 1. The van der Waals surface area contributed by atoms with Crippen molar-refractivity contribution in [2.75, 3.05) is 19.5 Å². The smallest absolute Gasteiger partial charge is 0.257 e. The summed E-state index contributed by atoms with van der Waals surface area (Å²) in [4.78, 5) is 12.5. The highest BCUT2D eigenvalue weighted by molar-refractivity contribution is 6.33. The summed E-state index contributed by atoms with van der Waals surface area (Å²) in [6.07, 6.45) is 1.59. The number of anilines is 1. The SMILES string of the molecule is COc1ccc(C(=O)Nc2nn(Cc3ccc(F)cc3)cc2Cl)cc1OC. The topological polar surface area (TPSA) is 65.4 Å². The number of halogens is 2. The van der Waals surface area contributed by atoms with E-state index >= 15 is 0 Å². The fourth-order valence-electron chi connectivity index (χ4n) is 2.50. The number of rotatable bonds is 6. The van der Waals surface area contributed by atoms with Crippen LogP contribution in [-0.2, 0) is 6.54 Å². The molecule has 1 aromatic heterocycles. The lowest BCUT2D eigenvalue weighted by molar-refractivity contribution is 0.102. The van der Waals surface area contributed by atoms with Crippen LogP contribution in [0.4, 0.5) is 10.2 Å². The Bertz CT molecular complexity index is 957. The van der Waals surface area contributed by atoms with Crippen LogP contribution < -0.4 is 14.8 Å². The number of hydrogen-bond acceptors (Lipinski definition) is 4. The zero-order chi connectivity index (χ0) is 19.4. The van der Waals surface area contributed by atoms with Crippen molar-refractivity contribution in [2.45, 2.75) is 6.54 Å². The number of nitrogens with one attached hydrogen (secondary N) is 1. The van der Waals surface area contributed by atoms with Crippen molar-refractivity contribution >= 4 is 23.3 Å². The largest absolute Gasteiger partial charge is 0.493 e.